The van der Waals surface area contributed by atoms with Crippen LogP contribution in [-0.4, -0.2) is 47.2 Å². The molecule has 0 N–H and O–H groups in total. The molecule has 6 heteroatoms. The molecule has 37 heavy (non-hydrogen) atoms. The number of aromatic nitrogens is 2. The van der Waals surface area contributed by atoms with Gasteiger partial charge in [-0.3, -0.25) is 14.2 Å². The molecule has 0 amide bonds. The molecule has 0 unspecified atom stereocenters. The Labute approximate surface area is 218 Å². The first-order valence-corrected chi connectivity index (χ1v) is 12.8. The summed E-state index contributed by atoms with van der Waals surface area (Å²) >= 11 is 0. The first-order chi connectivity index (χ1) is 17.9. The summed E-state index contributed by atoms with van der Waals surface area (Å²) in [6, 6.07) is 25.3. The lowest BCUT2D eigenvalue weighted by atomic mass is 9.73. The van der Waals surface area contributed by atoms with E-state index < -0.39 is 5.41 Å². The van der Waals surface area contributed by atoms with Crippen molar-refractivity contribution in [1.82, 2.24) is 14.5 Å². The smallest absolute Gasteiger partial charge is 0.316 e. The van der Waals surface area contributed by atoms with Crippen molar-refractivity contribution in [2.75, 3.05) is 26.7 Å². The van der Waals surface area contributed by atoms with Gasteiger partial charge in [0.05, 0.1) is 28.6 Å². The number of aryl methyl sites for hydroxylation is 2. The molecule has 0 atom stereocenters. The second-order valence-corrected chi connectivity index (χ2v) is 9.58. The molecule has 192 valence electrons. The van der Waals surface area contributed by atoms with E-state index in [9.17, 15) is 9.59 Å². The number of para-hydroxylation sites is 2. The number of rotatable bonds is 4. The molecule has 3 aromatic carbocycles. The number of hydrogen-bond donors (Lipinski definition) is 0. The number of likely N-dealkylation sites (tertiary alicyclic amines) is 1. The van der Waals surface area contributed by atoms with Gasteiger partial charge in [0, 0.05) is 0 Å². The predicted molar refractivity (Wildman–Crippen MR) is 148 cm³/mol. The van der Waals surface area contributed by atoms with Gasteiger partial charge < -0.3 is 9.64 Å². The Bertz CT molecular complexity index is 1420. The van der Waals surface area contributed by atoms with Crippen LogP contribution in [0.1, 0.15) is 36.7 Å². The fourth-order valence-electron chi connectivity index (χ4n) is 4.98. The second-order valence-electron chi connectivity index (χ2n) is 9.58. The minimum absolute atomic E-state index is 0.0163. The third kappa shape index (κ3) is 5.49. The van der Waals surface area contributed by atoms with Gasteiger partial charge >= 0.3 is 5.97 Å². The maximum atomic E-state index is 12.6. The molecule has 4 aromatic rings. The van der Waals surface area contributed by atoms with Crippen molar-refractivity contribution in [3.8, 4) is 5.69 Å². The number of hydrogen-bond acceptors (Lipinski definition) is 5. The van der Waals surface area contributed by atoms with E-state index in [2.05, 4.69) is 16.9 Å². The summed E-state index contributed by atoms with van der Waals surface area (Å²) in [5.74, 6) is 0.641. The van der Waals surface area contributed by atoms with E-state index >= 15 is 0 Å². The zero-order valence-electron chi connectivity index (χ0n) is 22.1. The average Bonchev–Trinajstić information content (AvgIpc) is 2.91. The summed E-state index contributed by atoms with van der Waals surface area (Å²) in [4.78, 5) is 31.8. The first-order valence-electron chi connectivity index (χ1n) is 12.8. The Morgan fingerprint density at radius 1 is 0.919 bits per heavy atom. The van der Waals surface area contributed by atoms with Crippen LogP contribution in [0.2, 0.25) is 0 Å². The maximum Gasteiger partial charge on any atom is 0.316 e. The Kier molecular flexibility index (Phi) is 8.19. The van der Waals surface area contributed by atoms with E-state index in [0.29, 0.717) is 17.8 Å². The van der Waals surface area contributed by atoms with E-state index in [1.165, 1.54) is 0 Å². The quantitative estimate of drug-likeness (QED) is 0.362. The first kappa shape index (κ1) is 26.3. The van der Waals surface area contributed by atoms with Crippen LogP contribution in [0.15, 0.2) is 83.7 Å². The number of piperidine rings is 1. The number of ether oxygens (including phenoxy) is 1. The summed E-state index contributed by atoms with van der Waals surface area (Å²) in [5, 5.41) is 0.649. The van der Waals surface area contributed by atoms with Crippen LogP contribution in [-0.2, 0) is 14.9 Å². The molecule has 1 aliphatic rings. The van der Waals surface area contributed by atoms with E-state index in [4.69, 9.17) is 4.74 Å². The van der Waals surface area contributed by atoms with Gasteiger partial charge in [0.15, 0.2) is 0 Å². The van der Waals surface area contributed by atoms with Crippen molar-refractivity contribution in [2.45, 2.75) is 39.0 Å². The SMILES string of the molecule is CCOC(=O)C1(c2ccccc2)CCN(C)CC1.Cc1ccccc1-n1c(C)nc2ccccc2c1=O. The Morgan fingerprint density at radius 2 is 1.54 bits per heavy atom. The number of carbonyl (C=O) groups is 1. The molecular weight excluding hydrogens is 462 g/mol. The van der Waals surface area contributed by atoms with Crippen LogP contribution < -0.4 is 5.56 Å². The van der Waals surface area contributed by atoms with Crippen LogP contribution in [0.3, 0.4) is 0 Å². The summed E-state index contributed by atoms with van der Waals surface area (Å²) in [6.45, 7) is 8.05. The molecule has 1 fully saturated rings. The largest absolute Gasteiger partial charge is 0.465 e. The van der Waals surface area contributed by atoms with Crippen LogP contribution in [0.4, 0.5) is 0 Å². The van der Waals surface area contributed by atoms with Gasteiger partial charge in [-0.1, -0.05) is 60.7 Å². The number of benzene rings is 3. The molecular formula is C31H35N3O3. The molecule has 1 aromatic heterocycles. The van der Waals surface area contributed by atoms with Crippen LogP contribution >= 0.6 is 0 Å². The average molecular weight is 498 g/mol. The van der Waals surface area contributed by atoms with Crippen molar-refractivity contribution < 1.29 is 9.53 Å². The number of carbonyl (C=O) groups excluding carboxylic acids is 1. The Balaban J connectivity index is 0.000000173. The molecule has 0 saturated carbocycles. The molecule has 1 aliphatic heterocycles. The van der Waals surface area contributed by atoms with Gasteiger partial charge in [0.1, 0.15) is 5.82 Å². The van der Waals surface area contributed by atoms with Gasteiger partial charge in [-0.15, -0.1) is 0 Å². The van der Waals surface area contributed by atoms with E-state index in [0.717, 1.165) is 48.3 Å². The van der Waals surface area contributed by atoms with Gasteiger partial charge in [-0.2, -0.15) is 0 Å². The highest BCUT2D eigenvalue weighted by Crippen LogP contribution is 2.36. The number of fused-ring (bicyclic) bond motifs is 1. The summed E-state index contributed by atoms with van der Waals surface area (Å²) < 4.78 is 7.00. The number of esters is 1. The summed E-state index contributed by atoms with van der Waals surface area (Å²) in [5.41, 5.74) is 3.33. The minimum Gasteiger partial charge on any atom is -0.465 e. The second kappa shape index (κ2) is 11.5. The zero-order valence-corrected chi connectivity index (χ0v) is 22.1. The third-order valence-corrected chi connectivity index (χ3v) is 7.13. The van der Waals surface area contributed by atoms with Gasteiger partial charge in [-0.05, 0) is 83.1 Å². The fourth-order valence-corrected chi connectivity index (χ4v) is 4.98. The van der Waals surface area contributed by atoms with Crippen LogP contribution in [0, 0.1) is 13.8 Å². The van der Waals surface area contributed by atoms with Crippen LogP contribution in [0.5, 0.6) is 0 Å². The molecule has 1 saturated heterocycles. The fraction of sp³-hybridized carbons (Fsp3) is 0.323. The van der Waals surface area contributed by atoms with Gasteiger partial charge in [0.25, 0.3) is 5.56 Å². The predicted octanol–water partition coefficient (Wildman–Crippen LogP) is 5.22. The highest BCUT2D eigenvalue weighted by Gasteiger charge is 2.43. The lowest BCUT2D eigenvalue weighted by Gasteiger charge is -2.38. The van der Waals surface area contributed by atoms with Crippen molar-refractivity contribution in [3.63, 3.8) is 0 Å². The molecule has 0 spiro atoms. The summed E-state index contributed by atoms with van der Waals surface area (Å²) in [6.07, 6.45) is 1.68. The van der Waals surface area contributed by atoms with Crippen LogP contribution in [0.25, 0.3) is 16.6 Å². The van der Waals surface area contributed by atoms with Crippen molar-refractivity contribution in [3.05, 3.63) is 106 Å². The standard InChI is InChI=1S/C16H14N2O.C15H21NO2/c1-11-7-3-6-10-15(11)18-12(2)17-14-9-5-4-8-13(14)16(18)19;1-3-18-14(17)15(9-11-16(2)12-10-15)13-7-5-4-6-8-13/h3-10H,1-2H3;4-8H,3,9-12H2,1-2H3. The van der Waals surface area contributed by atoms with E-state index in [1.807, 2.05) is 99.6 Å². The topological polar surface area (TPSA) is 64.4 Å². The molecule has 0 aliphatic carbocycles. The van der Waals surface area contributed by atoms with Crippen molar-refractivity contribution in [2.24, 2.45) is 0 Å². The van der Waals surface area contributed by atoms with E-state index in [1.54, 1.807) is 4.57 Å². The molecule has 6 nitrogen and oxygen atoms in total. The Morgan fingerprint density at radius 3 is 2.22 bits per heavy atom. The zero-order chi connectivity index (χ0) is 26.4. The summed E-state index contributed by atoms with van der Waals surface area (Å²) in [7, 11) is 2.10. The normalized spacial score (nSPS) is 15.0. The number of nitrogens with zero attached hydrogens (tertiary/aromatic N) is 3. The lowest BCUT2D eigenvalue weighted by Crippen LogP contribution is -2.47. The molecule has 0 bridgehead atoms. The lowest BCUT2D eigenvalue weighted by molar-refractivity contribution is -0.152. The van der Waals surface area contributed by atoms with Gasteiger partial charge in [-0.25, -0.2) is 4.98 Å². The maximum absolute atomic E-state index is 12.6. The van der Waals surface area contributed by atoms with Crippen molar-refractivity contribution in [1.29, 1.82) is 0 Å². The van der Waals surface area contributed by atoms with Crippen molar-refractivity contribution >= 4 is 16.9 Å². The molecule has 0 radical (unpaired) electrons. The van der Waals surface area contributed by atoms with E-state index in [-0.39, 0.29) is 11.5 Å². The minimum atomic E-state index is -0.441. The Hall–Kier alpha value is -3.77. The monoisotopic (exact) mass is 497 g/mol. The third-order valence-electron chi connectivity index (χ3n) is 7.13. The molecule has 2 heterocycles. The molecule has 5 rings (SSSR count). The highest BCUT2D eigenvalue weighted by atomic mass is 16.5. The highest BCUT2D eigenvalue weighted by molar-refractivity contribution is 5.83. The van der Waals surface area contributed by atoms with Gasteiger partial charge in [0.2, 0.25) is 0 Å².